The van der Waals surface area contributed by atoms with Crippen LogP contribution in [0.1, 0.15) is 244 Å². The molecule has 14 amide bonds. The van der Waals surface area contributed by atoms with Gasteiger partial charge in [-0.3, -0.25) is 57.5 Å². The van der Waals surface area contributed by atoms with Gasteiger partial charge in [0.2, 0.25) is 59.1 Å². The van der Waals surface area contributed by atoms with E-state index < -0.39 is 172 Å². The Labute approximate surface area is 768 Å². The maximum atomic E-state index is 16.8. The van der Waals surface area contributed by atoms with E-state index in [2.05, 4.69) is 47.9 Å². The van der Waals surface area contributed by atoms with Crippen molar-refractivity contribution in [1.29, 1.82) is 0 Å². The molecular formula is C97H130N12O16P2S2. The second-order valence-corrected chi connectivity index (χ2v) is 48.3. The molecule has 129 heavy (non-hydrogen) atoms. The van der Waals surface area contributed by atoms with Gasteiger partial charge in [0.15, 0.2) is 0 Å². The molecular weight excluding hydrogens is 1720 g/mol. The van der Waals surface area contributed by atoms with E-state index in [1.165, 1.54) is 76.2 Å². The second-order valence-electron chi connectivity index (χ2n) is 37.2. The van der Waals surface area contributed by atoms with Crippen molar-refractivity contribution in [1.82, 2.24) is 57.7 Å². The zero-order chi connectivity index (χ0) is 93.4. The predicted molar refractivity (Wildman–Crippen MR) is 504 cm³/mol. The zero-order valence-electron chi connectivity index (χ0n) is 76.2. The smallest absolute Gasteiger partial charge is 0.417 e. The van der Waals surface area contributed by atoms with E-state index >= 15 is 38.4 Å². The van der Waals surface area contributed by atoms with Gasteiger partial charge in [0, 0.05) is 37.5 Å². The van der Waals surface area contributed by atoms with Crippen LogP contribution in [0.3, 0.4) is 0 Å². The van der Waals surface area contributed by atoms with Crippen LogP contribution in [0.5, 0.6) is 0 Å². The number of nitrogens with one attached hydrogen (secondary N) is 9. The van der Waals surface area contributed by atoms with Crippen LogP contribution in [-0.4, -0.2) is 207 Å². The highest BCUT2D eigenvalue weighted by atomic mass is 32.4. The first kappa shape index (κ1) is 99.6. The van der Waals surface area contributed by atoms with Gasteiger partial charge >= 0.3 is 12.2 Å². The van der Waals surface area contributed by atoms with Crippen LogP contribution in [0, 0.1) is 0 Å². The lowest BCUT2D eigenvalue weighted by atomic mass is 9.98. The van der Waals surface area contributed by atoms with Gasteiger partial charge in [0.25, 0.3) is 11.8 Å². The number of ether oxygens (including phenoxy) is 2. The summed E-state index contributed by atoms with van der Waals surface area (Å²) in [5.41, 5.74) is 9.33. The summed E-state index contributed by atoms with van der Waals surface area (Å²) in [5, 5.41) is 24.2. The van der Waals surface area contributed by atoms with Gasteiger partial charge in [0.05, 0.1) is 0 Å². The minimum Gasteiger partial charge on any atom is -0.448 e. The first-order valence-electron chi connectivity index (χ1n) is 45.9. The Hall–Kier alpha value is -10.0. The Morgan fingerprint density at radius 2 is 0.682 bits per heavy atom. The molecule has 0 spiro atoms. The molecule has 5 aromatic carbocycles. The molecule has 0 aromatic heterocycles. The molecule has 4 fully saturated rings. The Bertz CT molecular complexity index is 4930. The van der Waals surface area contributed by atoms with E-state index in [1.54, 1.807) is 30.3 Å². The highest BCUT2D eigenvalue weighted by molar-refractivity contribution is 8.15. The van der Waals surface area contributed by atoms with Crippen molar-refractivity contribution in [3.05, 3.63) is 155 Å². The number of fused-ring (bicyclic) bond motifs is 6. The van der Waals surface area contributed by atoms with Gasteiger partial charge < -0.3 is 63.1 Å². The third-order valence-electron chi connectivity index (χ3n) is 26.9. The third-order valence-corrected chi connectivity index (χ3v) is 40.2. The number of hydrogen-bond donors (Lipinski definition) is 10. The number of hydrogen-bond acceptors (Lipinski definition) is 18. The summed E-state index contributed by atoms with van der Waals surface area (Å²) in [4.78, 5) is 210. The van der Waals surface area contributed by atoms with E-state index in [9.17, 15) is 28.8 Å². The number of amides is 14. The number of carbonyl (C=O) groups excluding carboxylic acids is 14. The number of primary amides is 1. The molecule has 4 saturated carbocycles. The van der Waals surface area contributed by atoms with E-state index in [4.69, 9.17) is 38.8 Å². The normalized spacial score (nSPS) is 17.9. The lowest BCUT2D eigenvalue weighted by Crippen LogP contribution is -2.64. The Morgan fingerprint density at radius 3 is 1.03 bits per heavy atom. The standard InChI is InChI=1S/C97H130N12O16P2S2/c1-58(83(98)111)103-92(120)96(8,9)107-87(115)62(5)102-89(117)82(57-127(129,68-41-23-15-24-42-68)69-43-25-16-26-44-69)109(95(123)125-55-79-76-51-33-29-47-72(76)73-48-30-34-52-77(73)79)91(119)80(53-65-35-17-12-18-36-65)105-85(113)60(3)100-84(112)59(2)101-88(116)81(56-126(128,66-37-19-13-20-38-66)67-39-21-14-22-40-67)108(90(118)63(6)104-93(121)97(10,11)106-86(114)61(4)99-64(7)110)94(122)124-54-78-74-49-31-27-45-70(74)71-46-28-32-50-75(71)78/h12,17-18,27-36,45-52,58-63,66-69,78-82H,13-16,19-26,37-44,53-57H2,1-11H3,(H2,98,111)(H,99,110)(H,100,112)(H,101,116)(H,102,117)(H,103,120)(H,104,121)(H,105,113)(H,106,114)(H,107,115)/t58-,59-,60-,61-,62-,63-,80-,81-,82-/m0/s1. The fourth-order valence-corrected chi connectivity index (χ4v) is 32.0. The largest absolute Gasteiger partial charge is 0.448 e. The molecule has 0 saturated heterocycles. The maximum Gasteiger partial charge on any atom is 0.417 e. The first-order valence-corrected chi connectivity index (χ1v) is 52.2. The van der Waals surface area contributed by atoms with Crippen molar-refractivity contribution in [3.63, 3.8) is 0 Å². The SMILES string of the molecule is CC(=O)N[C@@H](C)C(=O)NC(C)(C)C(=O)N[C@@H](C)C(=O)N(C(=O)OCC1c2ccccc2-c2ccccc21)[C@@H](CP(=S)(C1CCCCC1)C1CCCCC1)C(=O)N[C@@H](C)C(=O)N[C@@H](C)C(=O)N[C@@H](Cc1ccccc1)C(=O)N(C(=O)OCC1c2ccccc2-c2ccccc21)[C@@H](CP(=S)(C1CCCCC1)C1CCCCC1)C(=O)N[C@@H](C)C(=O)NC(C)(C)C(=O)N[C@@H](C)C(N)=O. The number of nitrogens with zero attached hydrogens (tertiary/aromatic N) is 2. The zero-order valence-corrected chi connectivity index (χ0v) is 79.6. The van der Waals surface area contributed by atoms with E-state index in [-0.39, 0.29) is 54.6 Å². The van der Waals surface area contributed by atoms with Gasteiger partial charge in [0.1, 0.15) is 78.7 Å². The summed E-state index contributed by atoms with van der Waals surface area (Å²) < 4.78 is 12.9. The molecule has 9 atom stereocenters. The van der Waals surface area contributed by atoms with Gasteiger partial charge in [-0.25, -0.2) is 19.4 Å². The van der Waals surface area contributed by atoms with Crippen LogP contribution < -0.4 is 53.6 Å². The number of nitrogens with two attached hydrogens (primary N) is 1. The monoisotopic (exact) mass is 1840 g/mol. The van der Waals surface area contributed by atoms with Crippen molar-refractivity contribution in [3.8, 4) is 22.3 Å². The summed E-state index contributed by atoms with van der Waals surface area (Å²) in [7, 11) is 0. The summed E-state index contributed by atoms with van der Waals surface area (Å²) in [6.45, 7) is 14.4. The summed E-state index contributed by atoms with van der Waals surface area (Å²) >= 11 is 14.3. The Morgan fingerprint density at radius 1 is 0.380 bits per heavy atom. The third kappa shape index (κ3) is 24.2. The van der Waals surface area contributed by atoms with Crippen LogP contribution in [0.2, 0.25) is 0 Å². The van der Waals surface area contributed by atoms with Gasteiger partial charge in [-0.2, -0.15) is 0 Å². The number of imide groups is 2. The highest BCUT2D eigenvalue weighted by Gasteiger charge is 2.51. The first-order chi connectivity index (χ1) is 61.3. The van der Waals surface area contributed by atoms with Crippen molar-refractivity contribution in [2.45, 2.75) is 311 Å². The Kier molecular flexibility index (Phi) is 34.2. The topological polar surface area (TPSA) is 398 Å². The molecule has 696 valence electrons. The van der Waals surface area contributed by atoms with Crippen LogP contribution in [-0.2, 0) is 97.0 Å². The molecule has 0 bridgehead atoms. The molecule has 6 aliphatic carbocycles. The second kappa shape index (κ2) is 44.3. The number of benzene rings is 5. The lowest BCUT2D eigenvalue weighted by Gasteiger charge is -2.44. The van der Waals surface area contributed by atoms with E-state index in [0.29, 0.717) is 5.56 Å². The number of rotatable bonds is 36. The van der Waals surface area contributed by atoms with Crippen LogP contribution >= 0.6 is 12.1 Å². The maximum absolute atomic E-state index is 16.8. The van der Waals surface area contributed by atoms with Crippen LogP contribution in [0.15, 0.2) is 127 Å². The van der Waals surface area contributed by atoms with Crippen LogP contribution in [0.25, 0.3) is 22.3 Å². The Balaban J connectivity index is 0.941. The summed E-state index contributed by atoms with van der Waals surface area (Å²) in [6, 6.07) is 19.8. The molecule has 28 nitrogen and oxygen atoms in total. The molecule has 0 unspecified atom stereocenters. The molecule has 11 rings (SSSR count). The van der Waals surface area contributed by atoms with Crippen molar-refractivity contribution >= 4 is 119 Å². The molecule has 11 N–H and O–H groups in total. The molecule has 32 heteroatoms. The molecule has 0 heterocycles. The van der Waals surface area contributed by atoms with Gasteiger partial charge in [-0.1, -0.05) is 228 Å². The van der Waals surface area contributed by atoms with Crippen LogP contribution in [0.4, 0.5) is 9.59 Å². The fourth-order valence-electron chi connectivity index (χ4n) is 19.5. The van der Waals surface area contributed by atoms with Crippen molar-refractivity contribution < 1.29 is 76.6 Å². The molecule has 6 aliphatic rings. The lowest BCUT2D eigenvalue weighted by molar-refractivity contribution is -0.142. The average molecular weight is 1850 g/mol. The fraction of sp³-hybridized carbons (Fsp3) is 0.546. The quantitative estimate of drug-likeness (QED) is 0.0167. The molecule has 5 aromatic rings. The number of carbonyl (C=O) groups is 14. The molecule has 0 radical (unpaired) electrons. The van der Waals surface area contributed by atoms with Gasteiger partial charge in [-0.05, 0) is 205 Å². The summed E-state index contributed by atoms with van der Waals surface area (Å²) in [6.07, 6.45) is 13.6. The predicted octanol–water partition coefficient (Wildman–Crippen LogP) is 11.6. The van der Waals surface area contributed by atoms with Crippen molar-refractivity contribution in [2.75, 3.05) is 25.5 Å². The summed E-state index contributed by atoms with van der Waals surface area (Å²) in [5.74, 6) is -11.6. The highest BCUT2D eigenvalue weighted by Crippen LogP contribution is 2.65. The van der Waals surface area contributed by atoms with E-state index in [1.807, 2.05) is 97.1 Å². The van der Waals surface area contributed by atoms with Gasteiger partial charge in [-0.15, -0.1) is 0 Å². The minimum absolute atomic E-state index is 0.0590. The minimum atomic E-state index is -2.92. The van der Waals surface area contributed by atoms with E-state index in [0.717, 1.165) is 183 Å². The van der Waals surface area contributed by atoms with Crippen molar-refractivity contribution in [2.24, 2.45) is 5.73 Å². The average Bonchev–Trinajstić information content (AvgIpc) is 1.67. The molecule has 0 aliphatic heterocycles.